The zero-order valence-corrected chi connectivity index (χ0v) is 11.0. The van der Waals surface area contributed by atoms with Crippen molar-refractivity contribution in [2.45, 2.75) is 33.2 Å². The van der Waals surface area contributed by atoms with Crippen molar-refractivity contribution in [3.63, 3.8) is 0 Å². The first-order valence-electron chi connectivity index (χ1n) is 5.82. The number of anilines is 1. The number of methoxy groups -OCH3 is 1. The maximum atomic E-state index is 11.7. The summed E-state index contributed by atoms with van der Waals surface area (Å²) >= 11 is 0. The molecule has 0 aromatic heterocycles. The van der Waals surface area contributed by atoms with E-state index in [1.165, 1.54) is 7.11 Å². The average molecular weight is 235 g/mol. The quantitative estimate of drug-likeness (QED) is 0.815. The van der Waals surface area contributed by atoms with Crippen LogP contribution in [0.3, 0.4) is 0 Å². The first-order chi connectivity index (χ1) is 7.92. The van der Waals surface area contributed by atoms with Crippen molar-refractivity contribution in [2.75, 3.05) is 12.4 Å². The van der Waals surface area contributed by atoms with E-state index in [9.17, 15) is 4.79 Å². The standard InChI is InChI=1S/C14H21NO2/c1-14(2,3)10-12(13(16)17-4)15-11-8-6-5-7-9-11/h5-9,12,15H,10H2,1-4H3. The summed E-state index contributed by atoms with van der Waals surface area (Å²) in [4.78, 5) is 11.7. The summed E-state index contributed by atoms with van der Waals surface area (Å²) < 4.78 is 4.83. The Labute approximate surface area is 103 Å². The highest BCUT2D eigenvalue weighted by atomic mass is 16.5. The highest BCUT2D eigenvalue weighted by molar-refractivity contribution is 5.79. The predicted octanol–water partition coefficient (Wildman–Crippen LogP) is 3.08. The lowest BCUT2D eigenvalue weighted by Crippen LogP contribution is -2.34. The topological polar surface area (TPSA) is 38.3 Å². The Balaban J connectivity index is 2.74. The van der Waals surface area contributed by atoms with Gasteiger partial charge in [-0.2, -0.15) is 0 Å². The lowest BCUT2D eigenvalue weighted by Gasteiger charge is -2.25. The van der Waals surface area contributed by atoms with Gasteiger partial charge >= 0.3 is 5.97 Å². The molecule has 0 spiro atoms. The molecule has 1 N–H and O–H groups in total. The maximum absolute atomic E-state index is 11.7. The molecule has 0 amide bonds. The maximum Gasteiger partial charge on any atom is 0.328 e. The summed E-state index contributed by atoms with van der Waals surface area (Å²) in [6, 6.07) is 9.41. The first-order valence-corrected chi connectivity index (χ1v) is 5.82. The second-order valence-corrected chi connectivity index (χ2v) is 5.35. The van der Waals surface area contributed by atoms with Gasteiger partial charge in [0.15, 0.2) is 0 Å². The van der Waals surface area contributed by atoms with E-state index in [0.29, 0.717) is 0 Å². The zero-order valence-electron chi connectivity index (χ0n) is 11.0. The molecule has 0 aliphatic rings. The van der Waals surface area contributed by atoms with E-state index in [0.717, 1.165) is 12.1 Å². The van der Waals surface area contributed by atoms with Crippen molar-refractivity contribution >= 4 is 11.7 Å². The molecule has 1 aromatic rings. The summed E-state index contributed by atoms with van der Waals surface area (Å²) in [5, 5.41) is 3.21. The molecule has 3 nitrogen and oxygen atoms in total. The zero-order chi connectivity index (χ0) is 12.9. The van der Waals surface area contributed by atoms with Crippen LogP contribution in [-0.2, 0) is 9.53 Å². The molecule has 1 atom stereocenters. The number of rotatable bonds is 4. The number of para-hydroxylation sites is 1. The van der Waals surface area contributed by atoms with Crippen LogP contribution in [0.5, 0.6) is 0 Å². The predicted molar refractivity (Wildman–Crippen MR) is 69.9 cm³/mol. The summed E-state index contributed by atoms with van der Waals surface area (Å²) in [6.45, 7) is 6.32. The molecule has 1 unspecified atom stereocenters. The Bertz CT molecular complexity index is 354. The van der Waals surface area contributed by atoms with Crippen molar-refractivity contribution in [3.05, 3.63) is 30.3 Å². The number of carbonyl (C=O) groups is 1. The highest BCUT2D eigenvalue weighted by Gasteiger charge is 2.25. The largest absolute Gasteiger partial charge is 0.467 e. The first kappa shape index (κ1) is 13.6. The number of ether oxygens (including phenoxy) is 1. The van der Waals surface area contributed by atoms with Crippen LogP contribution in [0.1, 0.15) is 27.2 Å². The SMILES string of the molecule is COC(=O)C(CC(C)(C)C)Nc1ccccc1. The van der Waals surface area contributed by atoms with E-state index in [-0.39, 0.29) is 17.4 Å². The Kier molecular flexibility index (Phi) is 4.55. The molecule has 0 fully saturated rings. The molecule has 0 aliphatic carbocycles. The smallest absolute Gasteiger partial charge is 0.328 e. The van der Waals surface area contributed by atoms with Gasteiger partial charge in [0.25, 0.3) is 0 Å². The fraction of sp³-hybridized carbons (Fsp3) is 0.500. The average Bonchev–Trinajstić information content (AvgIpc) is 2.27. The molecule has 0 bridgehead atoms. The van der Waals surface area contributed by atoms with Crippen LogP contribution in [0.15, 0.2) is 30.3 Å². The summed E-state index contributed by atoms with van der Waals surface area (Å²) in [6.07, 6.45) is 0.731. The van der Waals surface area contributed by atoms with E-state index in [1.54, 1.807) is 0 Å². The molecule has 1 rings (SSSR count). The molecular formula is C14H21NO2. The van der Waals surface area contributed by atoms with Crippen LogP contribution in [0, 0.1) is 5.41 Å². The number of benzene rings is 1. The van der Waals surface area contributed by atoms with Crippen LogP contribution in [-0.4, -0.2) is 19.1 Å². The van der Waals surface area contributed by atoms with Gasteiger partial charge in [0.1, 0.15) is 6.04 Å². The van der Waals surface area contributed by atoms with Crippen molar-refractivity contribution in [1.29, 1.82) is 0 Å². The Morgan fingerprint density at radius 2 is 1.88 bits per heavy atom. The van der Waals surface area contributed by atoms with Crippen molar-refractivity contribution in [2.24, 2.45) is 5.41 Å². The molecular weight excluding hydrogens is 214 g/mol. The van der Waals surface area contributed by atoms with E-state index in [1.807, 2.05) is 30.3 Å². The van der Waals surface area contributed by atoms with Gasteiger partial charge in [-0.1, -0.05) is 39.0 Å². The van der Waals surface area contributed by atoms with E-state index >= 15 is 0 Å². The molecule has 0 saturated carbocycles. The van der Waals surface area contributed by atoms with Gasteiger partial charge in [0.2, 0.25) is 0 Å². The van der Waals surface area contributed by atoms with Gasteiger partial charge in [-0.25, -0.2) is 4.79 Å². The lowest BCUT2D eigenvalue weighted by atomic mass is 9.88. The minimum Gasteiger partial charge on any atom is -0.467 e. The second kappa shape index (κ2) is 5.71. The second-order valence-electron chi connectivity index (χ2n) is 5.35. The number of hydrogen-bond acceptors (Lipinski definition) is 3. The molecule has 3 heteroatoms. The van der Waals surface area contributed by atoms with E-state index < -0.39 is 0 Å². The van der Waals surface area contributed by atoms with Gasteiger partial charge in [0, 0.05) is 5.69 Å². The summed E-state index contributed by atoms with van der Waals surface area (Å²) in [5.41, 5.74) is 1.01. The van der Waals surface area contributed by atoms with Gasteiger partial charge in [-0.15, -0.1) is 0 Å². The van der Waals surface area contributed by atoms with Crippen LogP contribution in [0.4, 0.5) is 5.69 Å². The van der Waals surface area contributed by atoms with Gasteiger partial charge in [0.05, 0.1) is 7.11 Å². The fourth-order valence-corrected chi connectivity index (χ4v) is 1.68. The van der Waals surface area contributed by atoms with Crippen LogP contribution >= 0.6 is 0 Å². The number of carbonyl (C=O) groups excluding carboxylic acids is 1. The monoisotopic (exact) mass is 235 g/mol. The Morgan fingerprint density at radius 3 is 2.35 bits per heavy atom. The molecule has 94 valence electrons. The minimum absolute atomic E-state index is 0.0701. The van der Waals surface area contributed by atoms with Crippen molar-refractivity contribution < 1.29 is 9.53 Å². The molecule has 0 aliphatic heterocycles. The molecule has 17 heavy (non-hydrogen) atoms. The van der Waals surface area contributed by atoms with Crippen LogP contribution in [0.25, 0.3) is 0 Å². The molecule has 1 aromatic carbocycles. The van der Waals surface area contributed by atoms with Crippen LogP contribution in [0.2, 0.25) is 0 Å². The van der Waals surface area contributed by atoms with Gasteiger partial charge < -0.3 is 10.1 Å². The van der Waals surface area contributed by atoms with E-state index in [4.69, 9.17) is 4.74 Å². The van der Waals surface area contributed by atoms with Gasteiger partial charge in [-0.05, 0) is 24.0 Å². The number of esters is 1. The normalized spacial score (nSPS) is 12.9. The molecule has 0 radical (unpaired) electrons. The molecule has 0 saturated heterocycles. The van der Waals surface area contributed by atoms with Crippen molar-refractivity contribution in [3.8, 4) is 0 Å². The fourth-order valence-electron chi connectivity index (χ4n) is 1.68. The third kappa shape index (κ3) is 4.89. The summed E-state index contributed by atoms with van der Waals surface area (Å²) in [5.74, 6) is -0.219. The lowest BCUT2D eigenvalue weighted by molar-refractivity contribution is -0.142. The number of nitrogens with one attached hydrogen (secondary N) is 1. The summed E-state index contributed by atoms with van der Waals surface area (Å²) in [7, 11) is 1.42. The minimum atomic E-state index is -0.303. The van der Waals surface area contributed by atoms with Gasteiger partial charge in [-0.3, -0.25) is 0 Å². The third-order valence-electron chi connectivity index (χ3n) is 2.42. The van der Waals surface area contributed by atoms with Crippen LogP contribution < -0.4 is 5.32 Å². The third-order valence-corrected chi connectivity index (χ3v) is 2.42. The Hall–Kier alpha value is -1.51. The van der Waals surface area contributed by atoms with Crippen molar-refractivity contribution in [1.82, 2.24) is 0 Å². The highest BCUT2D eigenvalue weighted by Crippen LogP contribution is 2.23. The molecule has 0 heterocycles. The Morgan fingerprint density at radius 1 is 1.29 bits per heavy atom. The van der Waals surface area contributed by atoms with E-state index in [2.05, 4.69) is 26.1 Å². The number of hydrogen-bond donors (Lipinski definition) is 1.